The molecule has 8 heteroatoms. The van der Waals surface area contributed by atoms with Crippen molar-refractivity contribution < 1.29 is 19.5 Å². The fourth-order valence-electron chi connectivity index (χ4n) is 2.10. The summed E-state index contributed by atoms with van der Waals surface area (Å²) < 4.78 is 0. The van der Waals surface area contributed by atoms with Gasteiger partial charge in [-0.25, -0.2) is 0 Å². The number of aromatic hydroxyl groups is 1. The summed E-state index contributed by atoms with van der Waals surface area (Å²) in [6.07, 6.45) is 0.333. The van der Waals surface area contributed by atoms with E-state index in [4.69, 9.17) is 0 Å². The zero-order valence-corrected chi connectivity index (χ0v) is 10.7. The van der Waals surface area contributed by atoms with Crippen molar-refractivity contribution in [2.75, 3.05) is 6.54 Å². The maximum Gasteiger partial charge on any atom is 0.255 e. The Morgan fingerprint density at radius 3 is 2.70 bits per heavy atom. The van der Waals surface area contributed by atoms with Crippen LogP contribution in [0.2, 0.25) is 0 Å². The highest BCUT2D eigenvalue weighted by atomic mass is 16.3. The average molecular weight is 279 g/mol. The molecule has 106 valence electrons. The lowest BCUT2D eigenvalue weighted by Gasteiger charge is -2.33. The van der Waals surface area contributed by atoms with E-state index in [0.717, 1.165) is 17.0 Å². The molecule has 3 amide bonds. The van der Waals surface area contributed by atoms with Crippen molar-refractivity contribution in [2.45, 2.75) is 19.4 Å². The van der Waals surface area contributed by atoms with Gasteiger partial charge in [0.05, 0.1) is 5.56 Å². The highest BCUT2D eigenvalue weighted by molar-refractivity contribution is 6.07. The van der Waals surface area contributed by atoms with Crippen LogP contribution in [-0.2, 0) is 9.59 Å². The van der Waals surface area contributed by atoms with E-state index in [2.05, 4.69) is 10.3 Å². The molecule has 0 aromatic carbocycles. The smallest absolute Gasteiger partial charge is 0.255 e. The summed E-state index contributed by atoms with van der Waals surface area (Å²) in [5, 5.41) is 11.4. The quantitative estimate of drug-likeness (QED) is 0.597. The summed E-state index contributed by atoms with van der Waals surface area (Å²) >= 11 is 0. The summed E-state index contributed by atoms with van der Waals surface area (Å²) in [5.41, 5.74) is -0.721. The number of aromatic nitrogens is 1. The number of carbonyl (C=O) groups is 3. The van der Waals surface area contributed by atoms with E-state index in [1.165, 1.54) is 0 Å². The molecular weight excluding hydrogens is 266 g/mol. The van der Waals surface area contributed by atoms with Gasteiger partial charge in [-0.15, -0.1) is 0 Å². The largest absolute Gasteiger partial charge is 0.494 e. The topological polar surface area (TPSA) is 120 Å². The van der Waals surface area contributed by atoms with Gasteiger partial charge in [-0.2, -0.15) is 0 Å². The SMILES string of the molecule is CCC1C(=O)NC(=O)CN1C(=O)c1cc(O)[nH]c(=O)c1. The highest BCUT2D eigenvalue weighted by Crippen LogP contribution is 2.15. The van der Waals surface area contributed by atoms with Crippen LogP contribution in [0.15, 0.2) is 16.9 Å². The molecule has 1 aromatic heterocycles. The van der Waals surface area contributed by atoms with Gasteiger partial charge < -0.3 is 10.0 Å². The van der Waals surface area contributed by atoms with Gasteiger partial charge in [0.15, 0.2) is 5.88 Å². The molecule has 1 fully saturated rings. The predicted octanol–water partition coefficient (Wildman–Crippen LogP) is -1.04. The second kappa shape index (κ2) is 5.16. The summed E-state index contributed by atoms with van der Waals surface area (Å²) in [6, 6.07) is 1.31. The number of H-pyrrole nitrogens is 1. The molecule has 0 aliphatic carbocycles. The van der Waals surface area contributed by atoms with Crippen molar-refractivity contribution in [2.24, 2.45) is 0 Å². The number of amides is 3. The fraction of sp³-hybridized carbons (Fsp3) is 0.333. The lowest BCUT2D eigenvalue weighted by atomic mass is 10.1. The Balaban J connectivity index is 2.37. The van der Waals surface area contributed by atoms with Gasteiger partial charge in [0, 0.05) is 12.1 Å². The van der Waals surface area contributed by atoms with Crippen molar-refractivity contribution in [3.05, 3.63) is 28.0 Å². The third-order valence-electron chi connectivity index (χ3n) is 2.98. The lowest BCUT2D eigenvalue weighted by molar-refractivity contribution is -0.138. The molecule has 2 heterocycles. The van der Waals surface area contributed by atoms with E-state index in [0.29, 0.717) is 6.42 Å². The Bertz CT molecular complexity index is 636. The number of nitrogens with zero attached hydrogens (tertiary/aromatic N) is 1. The van der Waals surface area contributed by atoms with Crippen LogP contribution in [0.3, 0.4) is 0 Å². The summed E-state index contributed by atoms with van der Waals surface area (Å²) in [7, 11) is 0. The van der Waals surface area contributed by atoms with Crippen LogP contribution in [0, 0.1) is 0 Å². The normalized spacial score (nSPS) is 18.9. The monoisotopic (exact) mass is 279 g/mol. The van der Waals surface area contributed by atoms with E-state index in [1.54, 1.807) is 6.92 Å². The molecule has 1 aliphatic rings. The van der Waals surface area contributed by atoms with E-state index >= 15 is 0 Å². The molecule has 0 spiro atoms. The zero-order chi connectivity index (χ0) is 14.9. The van der Waals surface area contributed by atoms with Crippen molar-refractivity contribution in [3.63, 3.8) is 0 Å². The molecule has 2 rings (SSSR count). The number of aromatic amines is 1. The third kappa shape index (κ3) is 2.53. The van der Waals surface area contributed by atoms with Gasteiger partial charge in [-0.3, -0.25) is 29.5 Å². The number of carbonyl (C=O) groups excluding carboxylic acids is 3. The minimum absolute atomic E-state index is 0.0767. The van der Waals surface area contributed by atoms with Crippen molar-refractivity contribution in [3.8, 4) is 5.88 Å². The van der Waals surface area contributed by atoms with Gasteiger partial charge in [-0.1, -0.05) is 6.92 Å². The van der Waals surface area contributed by atoms with Crippen LogP contribution in [0.1, 0.15) is 23.7 Å². The molecule has 1 aromatic rings. The molecule has 1 saturated heterocycles. The minimum atomic E-state index is -0.776. The van der Waals surface area contributed by atoms with Crippen LogP contribution < -0.4 is 10.9 Å². The number of imide groups is 1. The molecule has 1 atom stereocenters. The Morgan fingerprint density at radius 1 is 1.40 bits per heavy atom. The standard InChI is InChI=1S/C12H13N3O5/c1-2-7-11(19)14-10(18)5-15(7)12(20)6-3-8(16)13-9(17)4-6/h3-4,7H,2,5H2,1H3,(H2,13,16,17)(H,14,18,19). The predicted molar refractivity (Wildman–Crippen MR) is 67.0 cm³/mol. The van der Waals surface area contributed by atoms with Crippen LogP contribution in [-0.4, -0.2) is 45.3 Å². The summed E-state index contributed by atoms with van der Waals surface area (Å²) in [4.78, 5) is 49.8. The van der Waals surface area contributed by atoms with E-state index in [1.807, 2.05) is 0 Å². The minimum Gasteiger partial charge on any atom is -0.494 e. The molecule has 0 saturated carbocycles. The van der Waals surface area contributed by atoms with Crippen LogP contribution >= 0.6 is 0 Å². The van der Waals surface area contributed by atoms with Crippen molar-refractivity contribution in [1.82, 2.24) is 15.2 Å². The van der Waals surface area contributed by atoms with Gasteiger partial charge in [-0.05, 0) is 6.42 Å². The Morgan fingerprint density at radius 2 is 2.10 bits per heavy atom. The van der Waals surface area contributed by atoms with Crippen molar-refractivity contribution in [1.29, 1.82) is 0 Å². The Labute approximate surface area is 113 Å². The van der Waals surface area contributed by atoms with Crippen LogP contribution in [0.4, 0.5) is 0 Å². The Hall–Kier alpha value is -2.64. The molecule has 0 bridgehead atoms. The van der Waals surface area contributed by atoms with E-state index < -0.39 is 35.2 Å². The van der Waals surface area contributed by atoms with Crippen LogP contribution in [0.5, 0.6) is 5.88 Å². The number of nitrogens with one attached hydrogen (secondary N) is 2. The molecule has 3 N–H and O–H groups in total. The maximum absolute atomic E-state index is 12.3. The average Bonchev–Trinajstić information content (AvgIpc) is 2.35. The molecular formula is C12H13N3O5. The summed E-state index contributed by atoms with van der Waals surface area (Å²) in [5.74, 6) is -2.24. The first-order valence-corrected chi connectivity index (χ1v) is 6.00. The Kier molecular flexibility index (Phi) is 3.55. The molecule has 8 nitrogen and oxygen atoms in total. The number of piperazine rings is 1. The molecule has 1 unspecified atom stereocenters. The fourth-order valence-corrected chi connectivity index (χ4v) is 2.10. The third-order valence-corrected chi connectivity index (χ3v) is 2.98. The van der Waals surface area contributed by atoms with Crippen molar-refractivity contribution >= 4 is 17.7 Å². The maximum atomic E-state index is 12.3. The van der Waals surface area contributed by atoms with E-state index in [9.17, 15) is 24.3 Å². The van der Waals surface area contributed by atoms with Gasteiger partial charge >= 0.3 is 0 Å². The second-order valence-corrected chi connectivity index (χ2v) is 4.39. The second-order valence-electron chi connectivity index (χ2n) is 4.39. The molecule has 1 aliphatic heterocycles. The number of hydrogen-bond acceptors (Lipinski definition) is 5. The number of hydrogen-bond donors (Lipinski definition) is 3. The first-order chi connectivity index (χ1) is 9.42. The molecule has 20 heavy (non-hydrogen) atoms. The van der Waals surface area contributed by atoms with Gasteiger partial charge in [0.25, 0.3) is 11.5 Å². The lowest BCUT2D eigenvalue weighted by Crippen LogP contribution is -2.59. The van der Waals surface area contributed by atoms with E-state index in [-0.39, 0.29) is 12.1 Å². The zero-order valence-electron chi connectivity index (χ0n) is 10.7. The summed E-state index contributed by atoms with van der Waals surface area (Å²) in [6.45, 7) is 1.44. The first-order valence-electron chi connectivity index (χ1n) is 6.00. The van der Waals surface area contributed by atoms with Gasteiger partial charge in [0.1, 0.15) is 12.6 Å². The first kappa shape index (κ1) is 13.8. The van der Waals surface area contributed by atoms with Crippen LogP contribution in [0.25, 0.3) is 0 Å². The highest BCUT2D eigenvalue weighted by Gasteiger charge is 2.36. The molecule has 0 radical (unpaired) electrons. The number of pyridine rings is 1. The number of rotatable bonds is 2. The van der Waals surface area contributed by atoms with Gasteiger partial charge in [0.2, 0.25) is 11.8 Å².